The number of hydrogen-bond donors (Lipinski definition) is 3. The fourth-order valence-electron chi connectivity index (χ4n) is 1.92. The van der Waals surface area contributed by atoms with Gasteiger partial charge < -0.3 is 10.4 Å². The lowest BCUT2D eigenvalue weighted by atomic mass is 10.2. The summed E-state index contributed by atoms with van der Waals surface area (Å²) in [6.45, 7) is 0.0465. The first-order valence-electron chi connectivity index (χ1n) is 7.41. The topological polar surface area (TPSA) is 90.8 Å². The Labute approximate surface area is 165 Å². The lowest BCUT2D eigenvalue weighted by Crippen LogP contribution is -2.29. The Morgan fingerprint density at radius 1 is 1.19 bits per heavy atom. The number of phenols is 1. The zero-order chi connectivity index (χ0) is 19.1. The van der Waals surface area contributed by atoms with Gasteiger partial charge in [-0.3, -0.25) is 9.59 Å². The maximum atomic E-state index is 13.5. The van der Waals surface area contributed by atoms with Gasteiger partial charge in [0.25, 0.3) is 5.91 Å². The van der Waals surface area contributed by atoms with E-state index in [4.69, 9.17) is 0 Å². The van der Waals surface area contributed by atoms with Gasteiger partial charge in [-0.25, -0.2) is 9.82 Å². The highest BCUT2D eigenvalue weighted by molar-refractivity contribution is 9.11. The number of carbonyl (C=O) groups is 2. The molecule has 2 aromatic rings. The van der Waals surface area contributed by atoms with Crippen molar-refractivity contribution in [2.24, 2.45) is 5.10 Å². The quantitative estimate of drug-likeness (QED) is 0.432. The Morgan fingerprint density at radius 3 is 2.50 bits per heavy atom. The Bertz CT molecular complexity index is 836. The van der Waals surface area contributed by atoms with E-state index in [1.807, 2.05) is 0 Å². The fourth-order valence-corrected chi connectivity index (χ4v) is 3.15. The Balaban J connectivity index is 1.79. The molecule has 0 aliphatic rings. The van der Waals surface area contributed by atoms with Gasteiger partial charge in [-0.15, -0.1) is 0 Å². The lowest BCUT2D eigenvalue weighted by Gasteiger charge is -2.05. The van der Waals surface area contributed by atoms with E-state index in [9.17, 15) is 19.1 Å². The molecule has 2 aromatic carbocycles. The van der Waals surface area contributed by atoms with Crippen LogP contribution >= 0.6 is 31.9 Å². The summed E-state index contributed by atoms with van der Waals surface area (Å²) in [7, 11) is 0. The molecule has 0 spiro atoms. The summed E-state index contributed by atoms with van der Waals surface area (Å²) < 4.78 is 14.4. The third kappa shape index (κ3) is 5.63. The van der Waals surface area contributed by atoms with Crippen LogP contribution in [0.4, 0.5) is 4.39 Å². The smallest absolute Gasteiger partial charge is 0.254 e. The summed E-state index contributed by atoms with van der Waals surface area (Å²) in [6, 6.07) is 8.86. The normalized spacial score (nSPS) is 10.7. The maximum Gasteiger partial charge on any atom is 0.254 e. The summed E-state index contributed by atoms with van der Waals surface area (Å²) in [5, 5.41) is 15.9. The average molecular weight is 487 g/mol. The minimum Gasteiger partial charge on any atom is -0.506 e. The van der Waals surface area contributed by atoms with Crippen LogP contribution in [0.2, 0.25) is 0 Å². The number of hydrazone groups is 1. The van der Waals surface area contributed by atoms with Gasteiger partial charge in [-0.05, 0) is 61.7 Å². The molecule has 0 heterocycles. The monoisotopic (exact) mass is 485 g/mol. The molecule has 0 saturated heterocycles. The van der Waals surface area contributed by atoms with Crippen molar-refractivity contribution >= 4 is 49.9 Å². The van der Waals surface area contributed by atoms with Crippen LogP contribution in [0.25, 0.3) is 0 Å². The van der Waals surface area contributed by atoms with E-state index in [1.54, 1.807) is 18.2 Å². The molecule has 26 heavy (non-hydrogen) atoms. The van der Waals surface area contributed by atoms with Crippen LogP contribution in [0.15, 0.2) is 50.4 Å². The molecule has 0 bridgehead atoms. The molecule has 0 aliphatic heterocycles. The molecule has 0 aromatic heterocycles. The second kappa shape index (κ2) is 9.44. The minimum absolute atomic E-state index is 0.0134. The van der Waals surface area contributed by atoms with Crippen molar-refractivity contribution in [3.63, 3.8) is 0 Å². The molecule has 2 rings (SSSR count). The van der Waals surface area contributed by atoms with Crippen LogP contribution in [0.1, 0.15) is 22.3 Å². The highest BCUT2D eigenvalue weighted by atomic mass is 79.9. The van der Waals surface area contributed by atoms with Gasteiger partial charge in [0, 0.05) is 13.0 Å². The number of amides is 2. The SMILES string of the molecule is O=C(CCNC(=O)c1ccccc1F)N/N=C/c1cc(Br)c(O)c(Br)c1. The standard InChI is InChI=1S/C17H14Br2FN3O3/c18-12-7-10(8-13(19)16(12)25)9-22-23-15(24)5-6-21-17(26)11-3-1-2-4-14(11)20/h1-4,7-9,25H,5-6H2,(H,21,26)(H,23,24)/b22-9+. The highest BCUT2D eigenvalue weighted by Gasteiger charge is 2.10. The van der Waals surface area contributed by atoms with Gasteiger partial charge in [-0.1, -0.05) is 12.1 Å². The molecule has 2 amide bonds. The predicted octanol–water partition coefficient (Wildman–Crippen LogP) is 3.33. The zero-order valence-corrected chi connectivity index (χ0v) is 16.5. The number of benzene rings is 2. The van der Waals surface area contributed by atoms with E-state index in [0.29, 0.717) is 14.5 Å². The zero-order valence-electron chi connectivity index (χ0n) is 13.3. The van der Waals surface area contributed by atoms with Crippen molar-refractivity contribution < 1.29 is 19.1 Å². The third-order valence-electron chi connectivity index (χ3n) is 3.20. The number of nitrogens with one attached hydrogen (secondary N) is 2. The second-order valence-corrected chi connectivity index (χ2v) is 6.82. The highest BCUT2D eigenvalue weighted by Crippen LogP contribution is 2.32. The van der Waals surface area contributed by atoms with Crippen LogP contribution in [-0.2, 0) is 4.79 Å². The number of carbonyl (C=O) groups excluding carboxylic acids is 2. The first-order chi connectivity index (χ1) is 12.4. The molecular formula is C17H14Br2FN3O3. The molecule has 136 valence electrons. The van der Waals surface area contributed by atoms with Gasteiger partial charge >= 0.3 is 0 Å². The molecule has 0 fully saturated rings. The number of rotatable bonds is 6. The van der Waals surface area contributed by atoms with Crippen LogP contribution in [-0.4, -0.2) is 29.7 Å². The van der Waals surface area contributed by atoms with Crippen molar-refractivity contribution in [3.8, 4) is 5.75 Å². The molecule has 0 radical (unpaired) electrons. The lowest BCUT2D eigenvalue weighted by molar-refractivity contribution is -0.120. The molecule has 0 aliphatic carbocycles. The number of phenolic OH excluding ortho intramolecular Hbond substituents is 1. The number of halogens is 3. The second-order valence-electron chi connectivity index (χ2n) is 5.11. The first-order valence-corrected chi connectivity index (χ1v) is 8.99. The van der Waals surface area contributed by atoms with E-state index in [1.165, 1.54) is 24.4 Å². The van der Waals surface area contributed by atoms with E-state index >= 15 is 0 Å². The first kappa shape index (κ1) is 20.1. The largest absolute Gasteiger partial charge is 0.506 e. The Morgan fingerprint density at radius 2 is 1.85 bits per heavy atom. The molecular weight excluding hydrogens is 473 g/mol. The van der Waals surface area contributed by atoms with Crippen molar-refractivity contribution in [1.29, 1.82) is 0 Å². The average Bonchev–Trinajstić information content (AvgIpc) is 2.60. The van der Waals surface area contributed by atoms with E-state index in [0.717, 1.165) is 0 Å². The molecule has 6 nitrogen and oxygen atoms in total. The Hall–Kier alpha value is -2.26. The molecule has 0 saturated carbocycles. The van der Waals surface area contributed by atoms with Crippen LogP contribution in [0, 0.1) is 5.82 Å². The van der Waals surface area contributed by atoms with Gasteiger partial charge in [0.1, 0.15) is 11.6 Å². The van der Waals surface area contributed by atoms with Crippen molar-refractivity contribution in [3.05, 3.63) is 62.3 Å². The van der Waals surface area contributed by atoms with Crippen molar-refractivity contribution in [2.75, 3.05) is 6.54 Å². The Kier molecular flexibility index (Phi) is 7.28. The van der Waals surface area contributed by atoms with Gasteiger partial charge in [0.05, 0.1) is 20.7 Å². The van der Waals surface area contributed by atoms with Crippen LogP contribution in [0.5, 0.6) is 5.75 Å². The molecule has 9 heteroatoms. The molecule has 0 atom stereocenters. The summed E-state index contributed by atoms with van der Waals surface area (Å²) in [5.74, 6) is -1.55. The summed E-state index contributed by atoms with van der Waals surface area (Å²) in [5.41, 5.74) is 2.89. The van der Waals surface area contributed by atoms with E-state index < -0.39 is 17.6 Å². The minimum atomic E-state index is -0.620. The van der Waals surface area contributed by atoms with Gasteiger partial charge in [0.2, 0.25) is 5.91 Å². The maximum absolute atomic E-state index is 13.5. The van der Waals surface area contributed by atoms with Crippen LogP contribution in [0.3, 0.4) is 0 Å². The van der Waals surface area contributed by atoms with Crippen molar-refractivity contribution in [1.82, 2.24) is 10.7 Å². The van der Waals surface area contributed by atoms with Gasteiger partial charge in [0.15, 0.2) is 0 Å². The van der Waals surface area contributed by atoms with Crippen molar-refractivity contribution in [2.45, 2.75) is 6.42 Å². The van der Waals surface area contributed by atoms with Crippen LogP contribution < -0.4 is 10.7 Å². The number of aromatic hydroxyl groups is 1. The predicted molar refractivity (Wildman–Crippen MR) is 103 cm³/mol. The van der Waals surface area contributed by atoms with Gasteiger partial charge in [-0.2, -0.15) is 5.10 Å². The molecule has 3 N–H and O–H groups in total. The number of hydrogen-bond acceptors (Lipinski definition) is 4. The molecule has 0 unspecified atom stereocenters. The summed E-state index contributed by atoms with van der Waals surface area (Å²) in [6.07, 6.45) is 1.39. The van der Waals surface area contributed by atoms with E-state index in [2.05, 4.69) is 47.7 Å². The van der Waals surface area contributed by atoms with E-state index in [-0.39, 0.29) is 24.3 Å². The summed E-state index contributed by atoms with van der Waals surface area (Å²) >= 11 is 6.39. The summed E-state index contributed by atoms with van der Waals surface area (Å²) in [4.78, 5) is 23.5. The fraction of sp³-hybridized carbons (Fsp3) is 0.118. The number of nitrogens with zero attached hydrogens (tertiary/aromatic N) is 1. The third-order valence-corrected chi connectivity index (χ3v) is 4.41.